The SMILES string of the molecule is CC(C)C[C@H](NC(=O)C=CCCNC(=O)OC(C)(C)C)C(=O)N[C@@H](CC(=O)O)C(=O)N[C@@H](Cc1ccccc1)C(N)=O. The van der Waals surface area contributed by atoms with Gasteiger partial charge in [0.05, 0.1) is 6.42 Å². The van der Waals surface area contributed by atoms with Crippen molar-refractivity contribution in [2.75, 3.05) is 6.54 Å². The largest absolute Gasteiger partial charge is 0.481 e. The molecule has 0 radical (unpaired) electrons. The van der Waals surface area contributed by atoms with Gasteiger partial charge in [0.15, 0.2) is 0 Å². The number of carbonyl (C=O) groups is 6. The van der Waals surface area contributed by atoms with Crippen molar-refractivity contribution >= 4 is 35.7 Å². The second-order valence-corrected chi connectivity index (χ2v) is 11.1. The number of carbonyl (C=O) groups excluding carboxylic acids is 5. The third kappa shape index (κ3) is 15.4. The van der Waals surface area contributed by atoms with Crippen LogP contribution in [0.5, 0.6) is 0 Å². The number of nitrogens with one attached hydrogen (secondary N) is 4. The average Bonchev–Trinajstić information content (AvgIpc) is 2.86. The number of ether oxygens (including phenoxy) is 1. The maximum Gasteiger partial charge on any atom is 0.407 e. The fourth-order valence-corrected chi connectivity index (χ4v) is 3.69. The molecule has 1 rings (SSSR count). The summed E-state index contributed by atoms with van der Waals surface area (Å²) < 4.78 is 5.13. The number of carboxylic acid groups (broad SMARTS) is 1. The van der Waals surface area contributed by atoms with Gasteiger partial charge in [-0.25, -0.2) is 4.79 Å². The summed E-state index contributed by atoms with van der Waals surface area (Å²) in [4.78, 5) is 73.8. The first-order valence-electron chi connectivity index (χ1n) is 13.7. The van der Waals surface area contributed by atoms with E-state index in [-0.39, 0.29) is 25.3 Å². The smallest absolute Gasteiger partial charge is 0.407 e. The van der Waals surface area contributed by atoms with E-state index in [1.165, 1.54) is 12.2 Å². The monoisotopic (exact) mass is 589 g/mol. The molecular formula is C29H43N5O8. The normalized spacial score (nSPS) is 13.5. The molecule has 0 heterocycles. The number of rotatable bonds is 16. The number of amides is 5. The van der Waals surface area contributed by atoms with Crippen LogP contribution < -0.4 is 27.0 Å². The van der Waals surface area contributed by atoms with Gasteiger partial charge in [-0.1, -0.05) is 50.3 Å². The molecule has 0 aliphatic carbocycles. The Kier molecular flexibility index (Phi) is 14.8. The first-order chi connectivity index (χ1) is 19.6. The van der Waals surface area contributed by atoms with Crippen LogP contribution in [0, 0.1) is 5.92 Å². The number of aliphatic carboxylic acids is 1. The van der Waals surface area contributed by atoms with Gasteiger partial charge in [-0.15, -0.1) is 0 Å². The molecule has 0 bridgehead atoms. The summed E-state index contributed by atoms with van der Waals surface area (Å²) in [7, 11) is 0. The molecule has 0 unspecified atom stereocenters. The summed E-state index contributed by atoms with van der Waals surface area (Å²) in [5.41, 5.74) is 5.53. The second kappa shape index (κ2) is 17.4. The van der Waals surface area contributed by atoms with Gasteiger partial charge in [-0.3, -0.25) is 24.0 Å². The van der Waals surface area contributed by atoms with E-state index < -0.39 is 65.8 Å². The van der Waals surface area contributed by atoms with E-state index in [2.05, 4.69) is 21.3 Å². The minimum atomic E-state index is -1.53. The predicted octanol–water partition coefficient (Wildman–Crippen LogP) is 1.16. The Bertz CT molecular complexity index is 1110. The zero-order valence-corrected chi connectivity index (χ0v) is 24.8. The zero-order chi connectivity index (χ0) is 31.9. The van der Waals surface area contributed by atoms with Gasteiger partial charge in [0.1, 0.15) is 23.7 Å². The summed E-state index contributed by atoms with van der Waals surface area (Å²) >= 11 is 0. The van der Waals surface area contributed by atoms with Crippen molar-refractivity contribution in [3.8, 4) is 0 Å². The number of benzene rings is 1. The van der Waals surface area contributed by atoms with Crippen LogP contribution in [-0.4, -0.2) is 71.1 Å². The third-order valence-corrected chi connectivity index (χ3v) is 5.54. The Morgan fingerprint density at radius 2 is 1.52 bits per heavy atom. The molecule has 1 aromatic rings. The van der Waals surface area contributed by atoms with Crippen molar-refractivity contribution in [2.45, 2.75) is 84.0 Å². The number of primary amides is 1. The lowest BCUT2D eigenvalue weighted by Crippen LogP contribution is -2.57. The van der Waals surface area contributed by atoms with Gasteiger partial charge in [-0.2, -0.15) is 0 Å². The minimum absolute atomic E-state index is 0.0417. The molecule has 42 heavy (non-hydrogen) atoms. The van der Waals surface area contributed by atoms with Crippen LogP contribution in [0.2, 0.25) is 0 Å². The fourth-order valence-electron chi connectivity index (χ4n) is 3.69. The highest BCUT2D eigenvalue weighted by Crippen LogP contribution is 2.08. The van der Waals surface area contributed by atoms with Crippen molar-refractivity contribution in [1.29, 1.82) is 0 Å². The summed E-state index contributed by atoms with van der Waals surface area (Å²) in [6.45, 7) is 9.08. The summed E-state index contributed by atoms with van der Waals surface area (Å²) in [5.74, 6) is -4.49. The summed E-state index contributed by atoms with van der Waals surface area (Å²) in [6, 6.07) is 5.01. The summed E-state index contributed by atoms with van der Waals surface area (Å²) in [5, 5.41) is 19.3. The van der Waals surface area contributed by atoms with Crippen LogP contribution >= 0.6 is 0 Å². The van der Waals surface area contributed by atoms with E-state index in [1.54, 1.807) is 51.1 Å². The van der Waals surface area contributed by atoms with Gasteiger partial charge in [0, 0.05) is 13.0 Å². The highest BCUT2D eigenvalue weighted by atomic mass is 16.6. The molecule has 3 atom stereocenters. The molecule has 1 aromatic carbocycles. The van der Waals surface area contributed by atoms with Gasteiger partial charge >= 0.3 is 12.1 Å². The van der Waals surface area contributed by atoms with Crippen molar-refractivity contribution < 1.29 is 38.6 Å². The number of carboxylic acids is 1. The molecule has 13 nitrogen and oxygen atoms in total. The summed E-state index contributed by atoms with van der Waals surface area (Å²) in [6.07, 6.45) is 1.96. The Hall–Kier alpha value is -4.42. The van der Waals surface area contributed by atoms with Crippen LogP contribution in [-0.2, 0) is 35.1 Å². The Morgan fingerprint density at radius 3 is 2.07 bits per heavy atom. The lowest BCUT2D eigenvalue weighted by atomic mass is 10.0. The van der Waals surface area contributed by atoms with Crippen LogP contribution in [0.15, 0.2) is 42.5 Å². The molecule has 0 fully saturated rings. The minimum Gasteiger partial charge on any atom is -0.481 e. The standard InChI is InChI=1S/C29H43N5O8/c1-18(2)15-21(32-23(35)13-9-10-14-31-28(41)42-29(3,4)5)26(39)34-22(17-24(36)37)27(40)33-20(25(30)38)16-19-11-7-6-8-12-19/h6-9,11-13,18,20-22H,10,14-17H2,1-5H3,(H2,30,38)(H,31,41)(H,32,35)(H,33,40)(H,34,39)(H,36,37)/t20-,21-,22-/m0/s1. The molecule has 232 valence electrons. The molecule has 7 N–H and O–H groups in total. The maximum atomic E-state index is 13.1. The zero-order valence-electron chi connectivity index (χ0n) is 24.8. The molecule has 0 saturated carbocycles. The van der Waals surface area contributed by atoms with Crippen LogP contribution in [0.3, 0.4) is 0 Å². The average molecular weight is 590 g/mol. The molecular weight excluding hydrogens is 546 g/mol. The van der Waals surface area contributed by atoms with Gasteiger partial charge in [0.25, 0.3) is 0 Å². The Balaban J connectivity index is 2.85. The quantitative estimate of drug-likeness (QED) is 0.122. The molecule has 13 heteroatoms. The lowest BCUT2D eigenvalue weighted by molar-refractivity contribution is -0.141. The van der Waals surface area contributed by atoms with Gasteiger partial charge < -0.3 is 36.8 Å². The first-order valence-corrected chi connectivity index (χ1v) is 13.7. The van der Waals surface area contributed by atoms with Gasteiger partial charge in [0.2, 0.25) is 23.6 Å². The molecule has 0 spiro atoms. The Labute approximate surface area is 246 Å². The first kappa shape index (κ1) is 35.6. The van der Waals surface area contributed by atoms with E-state index in [1.807, 2.05) is 13.8 Å². The van der Waals surface area contributed by atoms with Crippen molar-refractivity contribution in [1.82, 2.24) is 21.3 Å². The van der Waals surface area contributed by atoms with Crippen LogP contribution in [0.4, 0.5) is 4.79 Å². The maximum absolute atomic E-state index is 13.1. The lowest BCUT2D eigenvalue weighted by Gasteiger charge is -2.24. The van der Waals surface area contributed by atoms with Gasteiger partial charge in [-0.05, 0) is 51.2 Å². The van der Waals surface area contributed by atoms with Crippen molar-refractivity contribution in [3.63, 3.8) is 0 Å². The highest BCUT2D eigenvalue weighted by Gasteiger charge is 2.31. The fraction of sp³-hybridized carbons (Fsp3) is 0.517. The number of hydrogen-bond donors (Lipinski definition) is 6. The molecule has 0 aliphatic heterocycles. The number of alkyl carbamates (subject to hydrolysis) is 1. The molecule has 0 aromatic heterocycles. The van der Waals surface area contributed by atoms with E-state index in [4.69, 9.17) is 10.5 Å². The van der Waals surface area contributed by atoms with E-state index in [0.29, 0.717) is 12.0 Å². The topological polar surface area (TPSA) is 206 Å². The van der Waals surface area contributed by atoms with Crippen molar-refractivity contribution in [2.24, 2.45) is 11.7 Å². The third-order valence-electron chi connectivity index (χ3n) is 5.54. The second-order valence-electron chi connectivity index (χ2n) is 11.1. The van der Waals surface area contributed by atoms with E-state index in [9.17, 15) is 33.9 Å². The molecule has 0 aliphatic rings. The van der Waals surface area contributed by atoms with Crippen molar-refractivity contribution in [3.05, 3.63) is 48.0 Å². The van der Waals surface area contributed by atoms with E-state index in [0.717, 1.165) is 0 Å². The number of hydrogen-bond acceptors (Lipinski definition) is 7. The predicted molar refractivity (Wildman–Crippen MR) is 155 cm³/mol. The number of nitrogens with two attached hydrogens (primary N) is 1. The van der Waals surface area contributed by atoms with Crippen LogP contribution in [0.1, 0.15) is 59.4 Å². The highest BCUT2D eigenvalue weighted by molar-refractivity contribution is 5.97. The van der Waals surface area contributed by atoms with Crippen LogP contribution in [0.25, 0.3) is 0 Å². The Morgan fingerprint density at radius 1 is 0.929 bits per heavy atom. The molecule has 5 amide bonds. The van der Waals surface area contributed by atoms with E-state index >= 15 is 0 Å². The molecule has 0 saturated heterocycles.